The second-order valence-electron chi connectivity index (χ2n) is 4.21. The third-order valence-electron chi connectivity index (χ3n) is 3.39. The van der Waals surface area contributed by atoms with Gasteiger partial charge in [0.1, 0.15) is 12.2 Å². The molecule has 1 saturated heterocycles. The molecule has 1 fully saturated rings. The number of aryl methyl sites for hydroxylation is 1. The van der Waals surface area contributed by atoms with E-state index in [0.717, 1.165) is 23.6 Å². The summed E-state index contributed by atoms with van der Waals surface area (Å²) in [5, 5.41) is 5.19. The summed E-state index contributed by atoms with van der Waals surface area (Å²) >= 11 is 3.58. The van der Waals surface area contributed by atoms with E-state index in [1.807, 2.05) is 11.7 Å². The largest absolute Gasteiger partial charge is 0.293 e. The Bertz CT molecular complexity index is 325. The molecule has 0 spiro atoms. The number of nitrogens with zero attached hydrogens (tertiary/aromatic N) is 4. The molecule has 1 aromatic rings. The fraction of sp³-hybridized carbons (Fsp3) is 0.800. The molecule has 0 N–H and O–H groups in total. The number of hydrogen-bond acceptors (Lipinski definition) is 3. The predicted molar refractivity (Wildman–Crippen MR) is 62.8 cm³/mol. The van der Waals surface area contributed by atoms with Crippen LogP contribution in [-0.2, 0) is 13.6 Å². The first-order valence-corrected chi connectivity index (χ1v) is 6.47. The quantitative estimate of drug-likeness (QED) is 0.781. The number of rotatable bonds is 3. The lowest BCUT2D eigenvalue weighted by atomic mass is 10.1. The zero-order chi connectivity index (χ0) is 10.8. The smallest absolute Gasteiger partial charge is 0.140 e. The summed E-state index contributed by atoms with van der Waals surface area (Å²) in [6.45, 7) is 4.39. The van der Waals surface area contributed by atoms with E-state index in [1.165, 1.54) is 13.0 Å². The van der Waals surface area contributed by atoms with Crippen molar-refractivity contribution in [1.82, 2.24) is 19.7 Å². The molecule has 2 heterocycles. The van der Waals surface area contributed by atoms with Crippen molar-refractivity contribution in [2.45, 2.75) is 25.9 Å². The fourth-order valence-electron chi connectivity index (χ4n) is 2.15. The number of likely N-dealkylation sites (tertiary alicyclic amines) is 1. The third-order valence-corrected chi connectivity index (χ3v) is 4.22. The van der Waals surface area contributed by atoms with Crippen LogP contribution in [0.2, 0.25) is 0 Å². The minimum absolute atomic E-state index is 0.640. The van der Waals surface area contributed by atoms with Crippen molar-refractivity contribution in [3.05, 3.63) is 12.2 Å². The predicted octanol–water partition coefficient (Wildman–Crippen LogP) is 1.42. The molecule has 2 unspecified atom stereocenters. The Hall–Kier alpha value is -0.420. The van der Waals surface area contributed by atoms with E-state index in [-0.39, 0.29) is 0 Å². The maximum absolute atomic E-state index is 4.26. The van der Waals surface area contributed by atoms with Crippen LogP contribution in [-0.4, -0.2) is 37.6 Å². The first kappa shape index (κ1) is 11.1. The second kappa shape index (κ2) is 4.61. The summed E-state index contributed by atoms with van der Waals surface area (Å²) in [7, 11) is 1.95. The van der Waals surface area contributed by atoms with Gasteiger partial charge in [0.15, 0.2) is 0 Å². The van der Waals surface area contributed by atoms with E-state index in [1.54, 1.807) is 6.33 Å². The van der Waals surface area contributed by atoms with Crippen LogP contribution in [0.15, 0.2) is 6.33 Å². The van der Waals surface area contributed by atoms with Crippen molar-refractivity contribution < 1.29 is 0 Å². The highest BCUT2D eigenvalue weighted by Crippen LogP contribution is 2.26. The van der Waals surface area contributed by atoms with Crippen molar-refractivity contribution in [3.8, 4) is 0 Å². The lowest BCUT2D eigenvalue weighted by molar-refractivity contribution is 0.232. The molecule has 0 saturated carbocycles. The monoisotopic (exact) mass is 272 g/mol. The summed E-state index contributed by atoms with van der Waals surface area (Å²) in [5.74, 6) is 1.83. The Morgan fingerprint density at radius 3 is 2.93 bits per heavy atom. The third kappa shape index (κ3) is 2.23. The second-order valence-corrected chi connectivity index (χ2v) is 4.86. The first-order chi connectivity index (χ1) is 7.22. The molecule has 15 heavy (non-hydrogen) atoms. The van der Waals surface area contributed by atoms with E-state index >= 15 is 0 Å². The van der Waals surface area contributed by atoms with Gasteiger partial charge in [0.05, 0.1) is 6.54 Å². The van der Waals surface area contributed by atoms with Crippen LogP contribution < -0.4 is 0 Å². The van der Waals surface area contributed by atoms with E-state index < -0.39 is 0 Å². The number of aromatic nitrogens is 3. The Labute approximate surface area is 98.8 Å². The lowest BCUT2D eigenvalue weighted by Gasteiger charge is -2.22. The van der Waals surface area contributed by atoms with Crippen molar-refractivity contribution in [3.63, 3.8) is 0 Å². The van der Waals surface area contributed by atoms with Gasteiger partial charge in [-0.2, -0.15) is 5.10 Å². The molecule has 0 bridgehead atoms. The molecule has 2 atom stereocenters. The van der Waals surface area contributed by atoms with Gasteiger partial charge in [-0.1, -0.05) is 15.9 Å². The van der Waals surface area contributed by atoms with Gasteiger partial charge in [-0.15, -0.1) is 0 Å². The van der Waals surface area contributed by atoms with Gasteiger partial charge < -0.3 is 0 Å². The molecular weight excluding hydrogens is 256 g/mol. The van der Waals surface area contributed by atoms with Crippen LogP contribution in [0.3, 0.4) is 0 Å². The standard InChI is InChI=1S/C10H17BrN4/c1-8-9(5-11)3-4-15(8)6-10-12-7-13-14(10)2/h7-9H,3-6H2,1-2H3. The van der Waals surface area contributed by atoms with Crippen molar-refractivity contribution in [2.24, 2.45) is 13.0 Å². The van der Waals surface area contributed by atoms with E-state index in [2.05, 4.69) is 37.8 Å². The minimum atomic E-state index is 0.640. The molecule has 0 amide bonds. The number of alkyl halides is 1. The Morgan fingerprint density at radius 2 is 2.40 bits per heavy atom. The van der Waals surface area contributed by atoms with Crippen LogP contribution in [0.25, 0.3) is 0 Å². The summed E-state index contributed by atoms with van der Waals surface area (Å²) in [6.07, 6.45) is 2.91. The molecule has 84 valence electrons. The molecular formula is C10H17BrN4. The highest BCUT2D eigenvalue weighted by molar-refractivity contribution is 9.09. The summed E-state index contributed by atoms with van der Waals surface area (Å²) in [6, 6.07) is 0.640. The van der Waals surface area contributed by atoms with Crippen LogP contribution in [0.1, 0.15) is 19.2 Å². The van der Waals surface area contributed by atoms with Crippen LogP contribution in [0.4, 0.5) is 0 Å². The highest BCUT2D eigenvalue weighted by Gasteiger charge is 2.30. The molecule has 4 nitrogen and oxygen atoms in total. The zero-order valence-electron chi connectivity index (χ0n) is 9.23. The molecule has 2 rings (SSSR count). The van der Waals surface area contributed by atoms with Crippen molar-refractivity contribution in [1.29, 1.82) is 0 Å². The first-order valence-electron chi connectivity index (χ1n) is 5.35. The molecule has 0 aliphatic carbocycles. The van der Waals surface area contributed by atoms with Crippen LogP contribution in [0, 0.1) is 5.92 Å². The molecule has 1 aliphatic rings. The summed E-state index contributed by atoms with van der Waals surface area (Å²) < 4.78 is 1.86. The van der Waals surface area contributed by atoms with Crippen LogP contribution >= 0.6 is 15.9 Å². The summed E-state index contributed by atoms with van der Waals surface area (Å²) in [5.41, 5.74) is 0. The van der Waals surface area contributed by atoms with Gasteiger partial charge in [0.25, 0.3) is 0 Å². The molecule has 1 aromatic heterocycles. The van der Waals surface area contributed by atoms with Gasteiger partial charge in [-0.05, 0) is 25.8 Å². The SMILES string of the molecule is CC1C(CBr)CCN1Cc1ncnn1C. The normalized spacial score (nSPS) is 27.4. The maximum atomic E-state index is 4.26. The number of hydrogen-bond donors (Lipinski definition) is 0. The van der Waals surface area contributed by atoms with E-state index in [9.17, 15) is 0 Å². The fourth-order valence-corrected chi connectivity index (χ4v) is 3.01. The zero-order valence-corrected chi connectivity index (χ0v) is 10.8. The maximum Gasteiger partial charge on any atom is 0.140 e. The highest BCUT2D eigenvalue weighted by atomic mass is 79.9. The lowest BCUT2D eigenvalue weighted by Crippen LogP contribution is -2.31. The molecule has 1 aliphatic heterocycles. The van der Waals surface area contributed by atoms with Gasteiger partial charge in [-0.3, -0.25) is 9.58 Å². The average molecular weight is 273 g/mol. The van der Waals surface area contributed by atoms with Gasteiger partial charge in [0.2, 0.25) is 0 Å². The van der Waals surface area contributed by atoms with E-state index in [0.29, 0.717) is 6.04 Å². The van der Waals surface area contributed by atoms with Gasteiger partial charge in [0, 0.05) is 18.4 Å². The topological polar surface area (TPSA) is 34.0 Å². The average Bonchev–Trinajstić information content (AvgIpc) is 2.77. The molecule has 0 radical (unpaired) electrons. The number of halogens is 1. The Kier molecular flexibility index (Phi) is 3.41. The Balaban J connectivity index is 1.99. The molecule has 5 heteroatoms. The van der Waals surface area contributed by atoms with Gasteiger partial charge in [-0.25, -0.2) is 4.98 Å². The van der Waals surface area contributed by atoms with Crippen LogP contribution in [0.5, 0.6) is 0 Å². The Morgan fingerprint density at radius 1 is 1.60 bits per heavy atom. The van der Waals surface area contributed by atoms with Crippen molar-refractivity contribution in [2.75, 3.05) is 11.9 Å². The van der Waals surface area contributed by atoms with Crippen molar-refractivity contribution >= 4 is 15.9 Å². The summed E-state index contributed by atoms with van der Waals surface area (Å²) in [4.78, 5) is 6.75. The van der Waals surface area contributed by atoms with Gasteiger partial charge >= 0.3 is 0 Å². The van der Waals surface area contributed by atoms with E-state index in [4.69, 9.17) is 0 Å². The molecule has 0 aromatic carbocycles. The minimum Gasteiger partial charge on any atom is -0.293 e.